The fourth-order valence-electron chi connectivity index (χ4n) is 1.90. The van der Waals surface area contributed by atoms with Crippen molar-refractivity contribution < 1.29 is 30.3 Å². The molecule has 0 bridgehead atoms. The third-order valence-corrected chi connectivity index (χ3v) is 6.11. The normalized spacial score (nSPS) is 17.9. The van der Waals surface area contributed by atoms with E-state index in [1.165, 1.54) is 24.3 Å². The summed E-state index contributed by atoms with van der Waals surface area (Å²) in [5, 5.41) is 9.89. The predicted octanol–water partition coefficient (Wildman–Crippen LogP) is 1.85. The van der Waals surface area contributed by atoms with Crippen LogP contribution in [0.4, 0.5) is 0 Å². The van der Waals surface area contributed by atoms with Crippen LogP contribution < -0.4 is 8.37 Å². The van der Waals surface area contributed by atoms with Gasteiger partial charge in [-0.3, -0.25) is 0 Å². The quantitative estimate of drug-likeness (QED) is 0.478. The van der Waals surface area contributed by atoms with E-state index < -0.39 is 35.8 Å². The van der Waals surface area contributed by atoms with Gasteiger partial charge in [0, 0.05) is 3.57 Å². The van der Waals surface area contributed by atoms with E-state index in [2.05, 4.69) is 0 Å². The van der Waals surface area contributed by atoms with Crippen molar-refractivity contribution >= 4 is 42.8 Å². The number of halogens is 1. The third kappa shape index (κ3) is 2.50. The van der Waals surface area contributed by atoms with E-state index in [0.29, 0.717) is 3.57 Å². The van der Waals surface area contributed by atoms with E-state index in [0.717, 1.165) is 12.1 Å². The molecule has 0 unspecified atom stereocenters. The molecule has 0 saturated heterocycles. The van der Waals surface area contributed by atoms with Crippen molar-refractivity contribution in [2.45, 2.75) is 9.79 Å². The van der Waals surface area contributed by atoms with Crippen LogP contribution in [0.5, 0.6) is 17.2 Å². The molecule has 0 aromatic heterocycles. The van der Waals surface area contributed by atoms with E-state index in [4.69, 9.17) is 8.37 Å². The highest BCUT2D eigenvalue weighted by molar-refractivity contribution is 14.1. The molecule has 0 fully saturated rings. The number of phenols is 1. The first-order chi connectivity index (χ1) is 10.2. The van der Waals surface area contributed by atoms with Crippen molar-refractivity contribution in [3.63, 3.8) is 0 Å². The second-order valence-corrected chi connectivity index (χ2v) is 8.52. The Labute approximate surface area is 139 Å². The standard InChI is InChI=1S/C12H7IO7S2/c13-7-5-8(14)12-11(6-7)21(15,16)19-9-3-1-2-4-10(9)20-22(12,17)18/h1-6,14H. The van der Waals surface area contributed by atoms with Gasteiger partial charge in [0.2, 0.25) is 0 Å². The Balaban J connectivity index is 2.41. The van der Waals surface area contributed by atoms with Crippen LogP contribution in [0.3, 0.4) is 0 Å². The Morgan fingerprint density at radius 1 is 0.909 bits per heavy atom. The summed E-state index contributed by atoms with van der Waals surface area (Å²) in [4.78, 5) is -1.52. The lowest BCUT2D eigenvalue weighted by Gasteiger charge is -2.19. The molecule has 2 aromatic carbocycles. The zero-order valence-electron chi connectivity index (χ0n) is 10.6. The van der Waals surface area contributed by atoms with Crippen molar-refractivity contribution in [1.82, 2.24) is 0 Å². The first-order valence-corrected chi connectivity index (χ1v) is 9.61. The molecule has 1 aliphatic rings. The second kappa shape index (κ2) is 4.99. The van der Waals surface area contributed by atoms with Gasteiger partial charge >= 0.3 is 20.2 Å². The summed E-state index contributed by atoms with van der Waals surface area (Å²) in [6.45, 7) is 0. The smallest absolute Gasteiger partial charge is 0.344 e. The minimum absolute atomic E-state index is 0.255. The predicted molar refractivity (Wildman–Crippen MR) is 82.9 cm³/mol. The molecule has 2 aromatic rings. The third-order valence-electron chi connectivity index (χ3n) is 2.77. The largest absolute Gasteiger partial charge is 0.506 e. The van der Waals surface area contributed by atoms with Gasteiger partial charge in [-0.05, 0) is 46.9 Å². The molecule has 1 N–H and O–H groups in total. The topological polar surface area (TPSA) is 107 Å². The number of hydrogen-bond donors (Lipinski definition) is 1. The molecule has 7 nitrogen and oxygen atoms in total. The van der Waals surface area contributed by atoms with Gasteiger partial charge in [-0.2, -0.15) is 16.8 Å². The van der Waals surface area contributed by atoms with Gasteiger partial charge in [-0.1, -0.05) is 12.1 Å². The minimum Gasteiger partial charge on any atom is -0.506 e. The lowest BCUT2D eigenvalue weighted by Crippen LogP contribution is -2.21. The number of phenolic OH excluding ortho intramolecular Hbond substituents is 1. The molecule has 116 valence electrons. The molecule has 0 radical (unpaired) electrons. The van der Waals surface area contributed by atoms with Gasteiger partial charge in [0.1, 0.15) is 10.6 Å². The van der Waals surface area contributed by atoms with Crippen molar-refractivity contribution in [2.75, 3.05) is 0 Å². The van der Waals surface area contributed by atoms with Crippen molar-refractivity contribution in [3.05, 3.63) is 40.0 Å². The number of aromatic hydroxyl groups is 1. The maximum atomic E-state index is 12.3. The molecule has 10 heteroatoms. The van der Waals surface area contributed by atoms with E-state index >= 15 is 0 Å². The summed E-state index contributed by atoms with van der Waals surface area (Å²) in [5.41, 5.74) is 0. The Bertz CT molecular complexity index is 981. The maximum absolute atomic E-state index is 12.3. The monoisotopic (exact) mass is 454 g/mol. The van der Waals surface area contributed by atoms with E-state index in [-0.39, 0.29) is 11.5 Å². The second-order valence-electron chi connectivity index (χ2n) is 4.27. The van der Waals surface area contributed by atoms with Crippen LogP contribution in [0, 0.1) is 3.57 Å². The summed E-state index contributed by atoms with van der Waals surface area (Å²) < 4.78 is 59.5. The number of benzene rings is 2. The molecule has 0 spiro atoms. The van der Waals surface area contributed by atoms with Gasteiger partial charge < -0.3 is 13.5 Å². The highest BCUT2D eigenvalue weighted by Gasteiger charge is 2.36. The Morgan fingerprint density at radius 3 is 2.05 bits per heavy atom. The Hall–Kier alpha value is -1.53. The lowest BCUT2D eigenvalue weighted by molar-refractivity contribution is 0.416. The van der Waals surface area contributed by atoms with Gasteiger partial charge in [0.25, 0.3) is 0 Å². The number of rotatable bonds is 0. The van der Waals surface area contributed by atoms with Gasteiger partial charge in [0.15, 0.2) is 16.4 Å². The molecular formula is C12H7IO7S2. The first kappa shape index (κ1) is 15.4. The van der Waals surface area contributed by atoms with E-state index in [9.17, 15) is 21.9 Å². The molecule has 1 aliphatic heterocycles. The van der Waals surface area contributed by atoms with Crippen molar-refractivity contribution in [2.24, 2.45) is 0 Å². The van der Waals surface area contributed by atoms with Crippen molar-refractivity contribution in [1.29, 1.82) is 0 Å². The Morgan fingerprint density at radius 2 is 1.45 bits per heavy atom. The number of fused-ring (bicyclic) bond motifs is 2. The van der Waals surface area contributed by atoms with Crippen LogP contribution in [0.1, 0.15) is 0 Å². The SMILES string of the molecule is O=S1(=O)Oc2ccccc2OS(=O)(=O)c2c(O)cc(I)cc21. The zero-order valence-corrected chi connectivity index (χ0v) is 14.3. The van der Waals surface area contributed by atoms with Gasteiger partial charge in [-0.15, -0.1) is 0 Å². The zero-order chi connectivity index (χ0) is 16.1. The summed E-state index contributed by atoms with van der Waals surface area (Å²) in [7, 11) is -9.00. The minimum atomic E-state index is -4.55. The summed E-state index contributed by atoms with van der Waals surface area (Å²) in [5.74, 6) is -1.27. The average Bonchev–Trinajstić information content (AvgIpc) is 2.38. The van der Waals surface area contributed by atoms with Crippen LogP contribution in [0.2, 0.25) is 0 Å². The van der Waals surface area contributed by atoms with E-state index in [1.54, 1.807) is 22.6 Å². The maximum Gasteiger partial charge on any atom is 0.344 e. The van der Waals surface area contributed by atoms with Crippen molar-refractivity contribution in [3.8, 4) is 17.2 Å². The molecule has 22 heavy (non-hydrogen) atoms. The van der Waals surface area contributed by atoms with Crippen LogP contribution in [-0.2, 0) is 20.2 Å². The van der Waals surface area contributed by atoms with E-state index in [1.807, 2.05) is 0 Å². The summed E-state index contributed by atoms with van der Waals surface area (Å²) in [6.07, 6.45) is 0. The molecular weight excluding hydrogens is 447 g/mol. The lowest BCUT2D eigenvalue weighted by atomic mass is 10.3. The van der Waals surface area contributed by atoms with Crippen LogP contribution >= 0.6 is 22.6 Å². The molecule has 0 amide bonds. The summed E-state index contributed by atoms with van der Waals surface area (Å²) in [6, 6.07) is 7.64. The average molecular weight is 454 g/mol. The van der Waals surface area contributed by atoms with Crippen LogP contribution in [0.25, 0.3) is 0 Å². The number of para-hydroxylation sites is 2. The van der Waals surface area contributed by atoms with Crippen LogP contribution in [0.15, 0.2) is 46.2 Å². The Kier molecular flexibility index (Phi) is 3.49. The molecule has 0 aliphatic carbocycles. The molecule has 0 atom stereocenters. The highest BCUT2D eigenvalue weighted by atomic mass is 127. The molecule has 1 heterocycles. The highest BCUT2D eigenvalue weighted by Crippen LogP contribution is 2.40. The molecule has 0 saturated carbocycles. The fraction of sp³-hybridized carbons (Fsp3) is 0. The van der Waals surface area contributed by atoms with Gasteiger partial charge in [0.05, 0.1) is 0 Å². The molecule has 3 rings (SSSR count). The number of hydrogen-bond acceptors (Lipinski definition) is 7. The van der Waals surface area contributed by atoms with Crippen LogP contribution in [-0.4, -0.2) is 21.9 Å². The fourth-order valence-corrected chi connectivity index (χ4v) is 5.48. The summed E-state index contributed by atoms with van der Waals surface area (Å²) >= 11 is 1.75. The first-order valence-electron chi connectivity index (χ1n) is 5.71. The van der Waals surface area contributed by atoms with Gasteiger partial charge in [-0.25, -0.2) is 0 Å².